The van der Waals surface area contributed by atoms with Gasteiger partial charge in [0.15, 0.2) is 12.2 Å². The van der Waals surface area contributed by atoms with Crippen molar-refractivity contribution in [2.75, 3.05) is 26.6 Å². The van der Waals surface area contributed by atoms with Gasteiger partial charge in [0.05, 0.1) is 31.8 Å². The normalized spacial score (nSPS) is 18.4. The predicted molar refractivity (Wildman–Crippen MR) is 282 cm³/mol. The lowest BCUT2D eigenvalue weighted by molar-refractivity contribution is -0.200. The van der Waals surface area contributed by atoms with Crippen molar-refractivity contribution in [2.45, 2.75) is 314 Å². The Bertz CT molecular complexity index is 1190. The number of aliphatic hydroxyl groups excluding tert-OH is 2. The summed E-state index contributed by atoms with van der Waals surface area (Å²) in [5.74, 6) is -1.49. The Labute approximate surface area is 418 Å². The first-order chi connectivity index (χ1) is 32.9. The van der Waals surface area contributed by atoms with Crippen LogP contribution in [0.1, 0.15) is 252 Å². The number of hydrogen-bond donors (Lipinski definition) is 3. The minimum atomic E-state index is -1.41. The maximum Gasteiger partial charge on any atom is 0.347 e. The highest BCUT2D eigenvalue weighted by atomic mass is 28.3. The molecule has 0 aromatic heterocycles. The zero-order valence-electron chi connectivity index (χ0n) is 45.1. The third-order valence-electron chi connectivity index (χ3n) is 13.6. The van der Waals surface area contributed by atoms with Crippen LogP contribution in [0.15, 0.2) is 0 Å². The van der Waals surface area contributed by atoms with E-state index in [2.05, 4.69) is 45.7 Å². The van der Waals surface area contributed by atoms with Crippen LogP contribution in [0, 0.1) is 0 Å². The first-order valence-corrected chi connectivity index (χ1v) is 32.5. The van der Waals surface area contributed by atoms with Crippen molar-refractivity contribution in [3.63, 3.8) is 0 Å². The van der Waals surface area contributed by atoms with Gasteiger partial charge in [-0.1, -0.05) is 233 Å². The Morgan fingerprint density at radius 1 is 0.632 bits per heavy atom. The molecule has 1 amide bonds. The van der Waals surface area contributed by atoms with Crippen LogP contribution in [0.25, 0.3) is 0 Å². The van der Waals surface area contributed by atoms with Crippen LogP contribution in [-0.2, 0) is 38.1 Å². The van der Waals surface area contributed by atoms with Crippen LogP contribution in [0.4, 0.5) is 0 Å². The Balaban J connectivity index is 2.87. The molecule has 0 aromatic carbocycles. The zero-order chi connectivity index (χ0) is 49.9. The van der Waals surface area contributed by atoms with Crippen molar-refractivity contribution in [3.05, 3.63) is 0 Å². The van der Waals surface area contributed by atoms with Gasteiger partial charge in [-0.15, -0.1) is 0 Å². The molecule has 1 rings (SSSR count). The number of aliphatic hydroxyl groups is 2. The van der Waals surface area contributed by atoms with E-state index in [-0.39, 0.29) is 38.3 Å². The van der Waals surface area contributed by atoms with Gasteiger partial charge in [-0.25, -0.2) is 4.79 Å². The van der Waals surface area contributed by atoms with Crippen molar-refractivity contribution in [1.29, 1.82) is 0 Å². The second-order valence-electron chi connectivity index (χ2n) is 21.5. The van der Waals surface area contributed by atoms with Gasteiger partial charge < -0.3 is 39.2 Å². The first kappa shape index (κ1) is 64.4. The number of carbonyl (C=O) groups is 3. The van der Waals surface area contributed by atoms with Gasteiger partial charge in [-0.3, -0.25) is 9.59 Å². The maximum atomic E-state index is 14.0. The van der Waals surface area contributed by atoms with Crippen molar-refractivity contribution in [2.24, 2.45) is 0 Å². The first-order valence-electron chi connectivity index (χ1n) is 28.7. The molecule has 12 heteroatoms. The fraction of sp³-hybridized carbons (Fsp3) is 0.946. The molecular weight excluding hydrogens is 875 g/mol. The zero-order valence-corrected chi connectivity index (χ0v) is 46.1. The van der Waals surface area contributed by atoms with Gasteiger partial charge in [0.2, 0.25) is 5.91 Å². The molecule has 11 nitrogen and oxygen atoms in total. The number of esters is 2. The molecule has 3 N–H and O–H groups in total. The molecule has 0 radical (unpaired) electrons. The fourth-order valence-corrected chi connectivity index (χ4v) is 9.80. The number of carbonyl (C=O) groups excluding carboxylic acids is 3. The van der Waals surface area contributed by atoms with E-state index in [4.69, 9.17) is 23.7 Å². The van der Waals surface area contributed by atoms with Crippen molar-refractivity contribution >= 4 is 25.9 Å². The van der Waals surface area contributed by atoms with E-state index in [1.54, 1.807) is 0 Å². The Kier molecular flexibility index (Phi) is 41.8. The summed E-state index contributed by atoms with van der Waals surface area (Å²) in [5, 5.41) is 24.4. The second kappa shape index (κ2) is 44.2. The Morgan fingerprint density at radius 2 is 1.07 bits per heavy atom. The third-order valence-corrected chi connectivity index (χ3v) is 15.4. The van der Waals surface area contributed by atoms with Crippen LogP contribution in [-0.4, -0.2) is 99.3 Å². The van der Waals surface area contributed by atoms with E-state index in [1.807, 2.05) is 0 Å². The van der Waals surface area contributed by atoms with Gasteiger partial charge in [0.1, 0.15) is 19.0 Å². The molecule has 1 heterocycles. The van der Waals surface area contributed by atoms with Crippen molar-refractivity contribution in [3.8, 4) is 0 Å². The monoisotopic (exact) mass is 984 g/mol. The quantitative estimate of drug-likeness (QED) is 0.0233. The Hall–Kier alpha value is -1.57. The van der Waals surface area contributed by atoms with Crippen molar-refractivity contribution in [1.82, 2.24) is 5.32 Å². The molecule has 0 spiro atoms. The number of nitrogens with one attached hydrogen (secondary N) is 1. The molecule has 1 saturated heterocycles. The fourth-order valence-electron chi connectivity index (χ4n) is 9.04. The summed E-state index contributed by atoms with van der Waals surface area (Å²) in [6, 6.07) is 0.141. The molecule has 402 valence electrons. The number of unbranched alkanes of at least 4 members (excludes halogenated alkanes) is 29. The lowest BCUT2D eigenvalue weighted by atomic mass is 9.97. The average Bonchev–Trinajstić information content (AvgIpc) is 3.30. The van der Waals surface area contributed by atoms with E-state index in [0.29, 0.717) is 32.3 Å². The summed E-state index contributed by atoms with van der Waals surface area (Å²) in [7, 11) is -1.27. The van der Waals surface area contributed by atoms with E-state index < -0.39 is 57.1 Å². The summed E-state index contributed by atoms with van der Waals surface area (Å²) in [6.07, 6.45) is 34.1. The molecule has 6 atom stereocenters. The van der Waals surface area contributed by atoms with E-state index in [0.717, 1.165) is 57.4 Å². The van der Waals surface area contributed by atoms with Crippen LogP contribution in [0.5, 0.6) is 0 Å². The number of rotatable bonds is 48. The molecule has 68 heavy (non-hydrogen) atoms. The summed E-state index contributed by atoms with van der Waals surface area (Å²) in [5.41, 5.74) is 0. The van der Waals surface area contributed by atoms with Crippen LogP contribution in [0.2, 0.25) is 25.7 Å². The molecule has 0 bridgehead atoms. The highest BCUT2D eigenvalue weighted by molar-refractivity contribution is 6.76. The number of hydrogen-bond acceptors (Lipinski definition) is 10. The van der Waals surface area contributed by atoms with E-state index in [1.165, 1.54) is 141 Å². The highest BCUT2D eigenvalue weighted by Crippen LogP contribution is 2.23. The molecule has 1 aliphatic rings. The van der Waals surface area contributed by atoms with E-state index >= 15 is 0 Å². The molecule has 0 aliphatic carbocycles. The minimum Gasteiger partial charge on any atom is -0.454 e. The summed E-state index contributed by atoms with van der Waals surface area (Å²) >= 11 is 0. The molecule has 0 unspecified atom stereocenters. The second-order valence-corrected chi connectivity index (χ2v) is 27.1. The van der Waals surface area contributed by atoms with E-state index in [9.17, 15) is 24.6 Å². The van der Waals surface area contributed by atoms with Crippen LogP contribution in [0.3, 0.4) is 0 Å². The van der Waals surface area contributed by atoms with Gasteiger partial charge in [0, 0.05) is 21.1 Å². The number of amides is 1. The van der Waals surface area contributed by atoms with Crippen LogP contribution < -0.4 is 5.32 Å². The highest BCUT2D eigenvalue weighted by Gasteiger charge is 2.44. The molecule has 1 aliphatic heterocycles. The van der Waals surface area contributed by atoms with Gasteiger partial charge in [-0.2, -0.15) is 0 Å². The van der Waals surface area contributed by atoms with Gasteiger partial charge in [-0.05, 0) is 31.7 Å². The Morgan fingerprint density at radius 3 is 1.53 bits per heavy atom. The third kappa shape index (κ3) is 36.4. The van der Waals surface area contributed by atoms with Gasteiger partial charge >= 0.3 is 11.9 Å². The molecule has 0 saturated carbocycles. The largest absolute Gasteiger partial charge is 0.454 e. The standard InChI is InChI=1S/C56H109NO10Si/c1-7-10-13-16-19-22-24-25-27-29-32-35-38-41-53(60)66-50(40-37-34-31-21-18-15-12-9-3)56(62)67-55-49(46-64-51(45-58)54(55)61)57-52(59)44-48(65-47-63-42-43-68(4,5)6)39-36-33-30-28-26-23-20-17-14-11-8-2/h48-51,54-55,58,61H,7-47H2,1-6H3,(H,57,59)/t48-,49+,50-,51+,54+,55+/m0/s1. The molecule has 1 fully saturated rings. The summed E-state index contributed by atoms with van der Waals surface area (Å²) in [6.45, 7) is 13.8. The summed E-state index contributed by atoms with van der Waals surface area (Å²) in [4.78, 5) is 40.9. The molecular formula is C56H109NO10Si. The SMILES string of the molecule is CCCCCCCCCCCCCCCC(=O)O[C@@H](CCCCCCCCCC)C(=O)O[C@H]1[C@H](O)[C@@H](CO)OC[C@H]1NC(=O)C[C@H](CCCCCCCCCCCCC)OCOCC[Si](C)(C)C. The average molecular weight is 985 g/mol. The number of ether oxygens (including phenoxy) is 5. The van der Waals surface area contributed by atoms with Gasteiger partial charge in [0.25, 0.3) is 0 Å². The predicted octanol–water partition coefficient (Wildman–Crippen LogP) is 13.8. The minimum absolute atomic E-state index is 0.0720. The summed E-state index contributed by atoms with van der Waals surface area (Å²) < 4.78 is 29.6. The maximum absolute atomic E-state index is 14.0. The lowest BCUT2D eigenvalue weighted by Gasteiger charge is -2.39. The smallest absolute Gasteiger partial charge is 0.347 e. The topological polar surface area (TPSA) is 150 Å². The van der Waals surface area contributed by atoms with Crippen LogP contribution >= 0.6 is 0 Å². The lowest BCUT2D eigenvalue weighted by Crippen LogP contribution is -2.62. The van der Waals surface area contributed by atoms with Crippen molar-refractivity contribution < 1.29 is 48.3 Å². The molecule has 0 aromatic rings.